The molecule has 0 aliphatic heterocycles. The molecule has 0 aliphatic rings. The Bertz CT molecular complexity index is 528. The molecule has 15 heavy (non-hydrogen) atoms. The number of hydrogen-bond acceptors (Lipinski definition) is 3. The van der Waals surface area contributed by atoms with Gasteiger partial charge in [0.2, 0.25) is 0 Å². The lowest BCUT2D eigenvalue weighted by Gasteiger charge is -1.99. The van der Waals surface area contributed by atoms with Crippen molar-refractivity contribution >= 4 is 16.6 Å². The van der Waals surface area contributed by atoms with E-state index in [9.17, 15) is 14.5 Å². The smallest absolute Gasteiger partial charge is 0.258 e. The lowest BCUT2D eigenvalue weighted by atomic mass is 10.2. The molecular formula is C10H7FN2O2. The van der Waals surface area contributed by atoms with Crippen molar-refractivity contribution in [2.24, 2.45) is 0 Å². The van der Waals surface area contributed by atoms with Gasteiger partial charge in [0.25, 0.3) is 5.69 Å². The van der Waals surface area contributed by atoms with E-state index in [4.69, 9.17) is 0 Å². The number of nitro groups is 1. The fourth-order valence-corrected chi connectivity index (χ4v) is 1.34. The molecule has 0 bridgehead atoms. The summed E-state index contributed by atoms with van der Waals surface area (Å²) >= 11 is 0. The molecule has 0 saturated carbocycles. The molecule has 0 saturated heterocycles. The van der Waals surface area contributed by atoms with Crippen molar-refractivity contribution < 1.29 is 9.31 Å². The predicted octanol–water partition coefficient (Wildman–Crippen LogP) is 2.61. The van der Waals surface area contributed by atoms with E-state index in [1.807, 2.05) is 0 Å². The summed E-state index contributed by atoms with van der Waals surface area (Å²) in [7, 11) is 0. The first-order chi connectivity index (χ1) is 7.20. The van der Waals surface area contributed by atoms with E-state index < -0.39 is 11.6 Å². The van der Waals surface area contributed by atoms with Crippen LogP contribution in [0.5, 0.6) is 0 Å². The molecule has 2 aromatic rings. The largest absolute Gasteiger partial charge is 0.271 e. The molecule has 1 aromatic carbocycles. The molecule has 0 fully saturated rings. The predicted molar refractivity (Wildman–Crippen MR) is 53.2 cm³/mol. The molecule has 0 aliphatic carbocycles. The van der Waals surface area contributed by atoms with Gasteiger partial charge in [-0.3, -0.25) is 10.1 Å². The van der Waals surface area contributed by atoms with E-state index in [0.29, 0.717) is 5.52 Å². The lowest BCUT2D eigenvalue weighted by Crippen LogP contribution is -1.90. The van der Waals surface area contributed by atoms with Gasteiger partial charge in [-0.15, -0.1) is 0 Å². The Morgan fingerprint density at radius 2 is 2.07 bits per heavy atom. The van der Waals surface area contributed by atoms with Crippen molar-refractivity contribution in [1.29, 1.82) is 0 Å². The van der Waals surface area contributed by atoms with E-state index in [2.05, 4.69) is 4.98 Å². The van der Waals surface area contributed by atoms with Crippen molar-refractivity contribution in [3.8, 4) is 0 Å². The van der Waals surface area contributed by atoms with Gasteiger partial charge in [-0.2, -0.15) is 0 Å². The minimum absolute atomic E-state index is 0.0361. The van der Waals surface area contributed by atoms with Crippen molar-refractivity contribution in [3.63, 3.8) is 0 Å². The first-order valence-corrected chi connectivity index (χ1v) is 4.31. The molecule has 0 spiro atoms. The van der Waals surface area contributed by atoms with Gasteiger partial charge in [0.15, 0.2) is 0 Å². The van der Waals surface area contributed by atoms with Crippen LogP contribution in [-0.4, -0.2) is 9.91 Å². The van der Waals surface area contributed by atoms with E-state index >= 15 is 0 Å². The molecule has 76 valence electrons. The molecule has 0 radical (unpaired) electrons. The molecule has 1 heterocycles. The number of aromatic nitrogens is 1. The fraction of sp³-hybridized carbons (Fsp3) is 0.100. The van der Waals surface area contributed by atoms with E-state index in [0.717, 1.165) is 5.39 Å². The van der Waals surface area contributed by atoms with Gasteiger partial charge in [-0.05, 0) is 12.1 Å². The van der Waals surface area contributed by atoms with Crippen LogP contribution in [0.25, 0.3) is 10.9 Å². The number of nitrogens with zero attached hydrogens (tertiary/aromatic N) is 2. The molecule has 0 N–H and O–H groups in total. The number of nitro benzene ring substituents is 1. The standard InChI is InChI=1S/C10H7FN2O2/c11-6-8-3-1-7-2-4-9(13(14)15)5-10(7)12-8/h1-5H,6H2. The molecule has 1 aromatic heterocycles. The topological polar surface area (TPSA) is 56.0 Å². The third-order valence-electron chi connectivity index (χ3n) is 2.08. The number of hydrogen-bond donors (Lipinski definition) is 0. The van der Waals surface area contributed by atoms with E-state index in [1.165, 1.54) is 12.1 Å². The Morgan fingerprint density at radius 3 is 2.73 bits per heavy atom. The van der Waals surface area contributed by atoms with Gasteiger partial charge in [-0.1, -0.05) is 6.07 Å². The van der Waals surface area contributed by atoms with Crippen molar-refractivity contribution in [3.05, 3.63) is 46.1 Å². The van der Waals surface area contributed by atoms with Crippen LogP contribution in [-0.2, 0) is 6.67 Å². The molecule has 5 heteroatoms. The number of pyridine rings is 1. The Hall–Kier alpha value is -2.04. The summed E-state index contributed by atoms with van der Waals surface area (Å²) in [6, 6.07) is 7.60. The fourth-order valence-electron chi connectivity index (χ4n) is 1.34. The van der Waals surface area contributed by atoms with Gasteiger partial charge in [0, 0.05) is 17.5 Å². The molecule has 0 unspecified atom stereocenters. The second kappa shape index (κ2) is 3.61. The molecular weight excluding hydrogens is 199 g/mol. The summed E-state index contributed by atoms with van der Waals surface area (Å²) < 4.78 is 12.3. The van der Waals surface area contributed by atoms with Crippen LogP contribution >= 0.6 is 0 Å². The second-order valence-corrected chi connectivity index (χ2v) is 3.07. The average Bonchev–Trinajstić information content (AvgIpc) is 2.27. The lowest BCUT2D eigenvalue weighted by molar-refractivity contribution is -0.384. The van der Waals surface area contributed by atoms with Crippen LogP contribution in [0.4, 0.5) is 10.1 Å². The summed E-state index contributed by atoms with van der Waals surface area (Å²) in [5.41, 5.74) is 0.688. The summed E-state index contributed by atoms with van der Waals surface area (Å²) in [5, 5.41) is 11.3. The SMILES string of the molecule is O=[N+]([O-])c1ccc2ccc(CF)nc2c1. The van der Waals surface area contributed by atoms with E-state index in [-0.39, 0.29) is 11.4 Å². The van der Waals surface area contributed by atoms with Crippen molar-refractivity contribution in [2.45, 2.75) is 6.67 Å². The van der Waals surface area contributed by atoms with Gasteiger partial charge >= 0.3 is 0 Å². The van der Waals surface area contributed by atoms with Gasteiger partial charge < -0.3 is 0 Å². The van der Waals surface area contributed by atoms with Crippen LogP contribution in [0.15, 0.2) is 30.3 Å². The van der Waals surface area contributed by atoms with Gasteiger partial charge in [-0.25, -0.2) is 9.37 Å². The molecule has 4 nitrogen and oxygen atoms in total. The van der Waals surface area contributed by atoms with Crippen molar-refractivity contribution in [1.82, 2.24) is 4.98 Å². The van der Waals surface area contributed by atoms with E-state index in [1.54, 1.807) is 18.2 Å². The summed E-state index contributed by atoms with van der Waals surface area (Å²) in [6.07, 6.45) is 0. The highest BCUT2D eigenvalue weighted by Gasteiger charge is 2.06. The third kappa shape index (κ3) is 1.76. The summed E-state index contributed by atoms with van der Waals surface area (Å²) in [5.74, 6) is 0. The summed E-state index contributed by atoms with van der Waals surface area (Å²) in [6.45, 7) is -0.668. The minimum Gasteiger partial charge on any atom is -0.258 e. The number of benzene rings is 1. The minimum atomic E-state index is -0.668. The van der Waals surface area contributed by atoms with Gasteiger partial charge in [0.05, 0.1) is 16.1 Å². The molecule has 0 atom stereocenters. The average molecular weight is 206 g/mol. The van der Waals surface area contributed by atoms with Crippen LogP contribution in [0, 0.1) is 10.1 Å². The number of rotatable bonds is 2. The second-order valence-electron chi connectivity index (χ2n) is 3.07. The zero-order chi connectivity index (χ0) is 10.8. The first-order valence-electron chi connectivity index (χ1n) is 4.31. The maximum atomic E-state index is 12.3. The Labute approximate surface area is 84.5 Å². The van der Waals surface area contributed by atoms with Crippen molar-refractivity contribution in [2.75, 3.05) is 0 Å². The highest BCUT2D eigenvalue weighted by molar-refractivity contribution is 5.80. The highest BCUT2D eigenvalue weighted by atomic mass is 19.1. The number of non-ortho nitro benzene ring substituents is 1. The van der Waals surface area contributed by atoms with Crippen LogP contribution in [0.2, 0.25) is 0 Å². The zero-order valence-electron chi connectivity index (χ0n) is 7.68. The summed E-state index contributed by atoms with van der Waals surface area (Å²) in [4.78, 5) is 14.0. The normalized spacial score (nSPS) is 10.5. The number of halogens is 1. The van der Waals surface area contributed by atoms with Crippen LogP contribution < -0.4 is 0 Å². The maximum absolute atomic E-state index is 12.3. The highest BCUT2D eigenvalue weighted by Crippen LogP contribution is 2.19. The Kier molecular flexibility index (Phi) is 2.29. The molecule has 2 rings (SSSR count). The first kappa shape index (κ1) is 9.51. The maximum Gasteiger partial charge on any atom is 0.271 e. The zero-order valence-corrected chi connectivity index (χ0v) is 7.68. The number of alkyl halides is 1. The van der Waals surface area contributed by atoms with Crippen LogP contribution in [0.1, 0.15) is 5.69 Å². The molecule has 0 amide bonds. The van der Waals surface area contributed by atoms with Gasteiger partial charge in [0.1, 0.15) is 6.67 Å². The van der Waals surface area contributed by atoms with Crippen LogP contribution in [0.3, 0.4) is 0 Å². The quantitative estimate of drug-likeness (QED) is 0.560. The Balaban J connectivity index is 2.62. The monoisotopic (exact) mass is 206 g/mol. The number of fused-ring (bicyclic) bond motifs is 1. The Morgan fingerprint density at radius 1 is 1.33 bits per heavy atom. The third-order valence-corrected chi connectivity index (χ3v) is 2.08.